The van der Waals surface area contributed by atoms with Gasteiger partial charge in [0.2, 0.25) is 5.91 Å². The molecule has 0 saturated carbocycles. The van der Waals surface area contributed by atoms with Crippen molar-refractivity contribution >= 4 is 11.6 Å². The Kier molecular flexibility index (Phi) is 6.75. The number of hydrogen-bond acceptors (Lipinski definition) is 5. The van der Waals surface area contributed by atoms with Crippen molar-refractivity contribution in [1.82, 2.24) is 4.90 Å². The molecule has 1 amide bonds. The second-order valence-corrected chi connectivity index (χ2v) is 6.22. The molecule has 0 spiro atoms. The Morgan fingerprint density at radius 2 is 1.89 bits per heavy atom. The first kappa shape index (κ1) is 19.3. The van der Waals surface area contributed by atoms with Crippen LogP contribution in [-0.4, -0.2) is 50.3 Å². The highest BCUT2D eigenvalue weighted by molar-refractivity contribution is 5.95. The highest BCUT2D eigenvalue weighted by Crippen LogP contribution is 2.26. The number of morpholine rings is 1. The monoisotopic (exact) mass is 373 g/mol. The molecule has 1 heterocycles. The van der Waals surface area contributed by atoms with Crippen LogP contribution in [0.4, 0.5) is 10.1 Å². The Bertz CT molecular complexity index is 748. The lowest BCUT2D eigenvalue weighted by Crippen LogP contribution is -2.44. The minimum absolute atomic E-state index is 0.280. The number of benzene rings is 2. The van der Waals surface area contributed by atoms with Crippen LogP contribution in [-0.2, 0) is 9.53 Å². The number of hydrogen-bond donors (Lipinski definition) is 2. The maximum absolute atomic E-state index is 14.4. The molecule has 1 aliphatic heterocycles. The molecule has 7 heteroatoms. The number of nitrogens with one attached hydrogen (secondary N) is 1. The van der Waals surface area contributed by atoms with E-state index in [0.717, 1.165) is 0 Å². The number of nitrogens with zero attached hydrogens (tertiary/aromatic N) is 1. The molecule has 27 heavy (non-hydrogen) atoms. The first-order chi connectivity index (χ1) is 13.2. The number of carbonyl (C=O) groups excluding carboxylic acids is 1. The molecule has 3 N–H and O–H groups in total. The number of carbonyl (C=O) groups is 1. The van der Waals surface area contributed by atoms with Gasteiger partial charge in [-0.3, -0.25) is 9.69 Å². The highest BCUT2D eigenvalue weighted by atomic mass is 19.1. The van der Waals surface area contributed by atoms with Crippen LogP contribution in [0.3, 0.4) is 0 Å². The van der Waals surface area contributed by atoms with E-state index >= 15 is 0 Å². The van der Waals surface area contributed by atoms with E-state index in [-0.39, 0.29) is 5.91 Å². The largest absolute Gasteiger partial charge is 0.492 e. The molecule has 2 aromatic rings. The van der Waals surface area contributed by atoms with E-state index in [1.807, 2.05) is 4.90 Å². The van der Waals surface area contributed by atoms with Gasteiger partial charge in [0.05, 0.1) is 13.2 Å². The van der Waals surface area contributed by atoms with Crippen LogP contribution >= 0.6 is 0 Å². The van der Waals surface area contributed by atoms with E-state index in [9.17, 15) is 9.18 Å². The van der Waals surface area contributed by atoms with Crippen molar-refractivity contribution in [3.05, 3.63) is 59.9 Å². The van der Waals surface area contributed by atoms with Gasteiger partial charge < -0.3 is 20.5 Å². The zero-order valence-corrected chi connectivity index (χ0v) is 15.1. The third-order valence-electron chi connectivity index (χ3n) is 4.37. The topological polar surface area (TPSA) is 76.8 Å². The van der Waals surface area contributed by atoms with Crippen LogP contribution in [0.25, 0.3) is 0 Å². The molecule has 1 unspecified atom stereocenters. The van der Waals surface area contributed by atoms with Crippen molar-refractivity contribution in [2.45, 2.75) is 6.04 Å². The van der Waals surface area contributed by atoms with Crippen LogP contribution in [0.5, 0.6) is 5.75 Å². The smallest absolute Gasteiger partial charge is 0.246 e. The van der Waals surface area contributed by atoms with Gasteiger partial charge in [0.1, 0.15) is 24.2 Å². The molecule has 0 bridgehead atoms. The molecule has 144 valence electrons. The van der Waals surface area contributed by atoms with E-state index in [2.05, 4.69) is 5.32 Å². The van der Waals surface area contributed by atoms with Crippen molar-refractivity contribution in [2.75, 3.05) is 44.8 Å². The fraction of sp³-hybridized carbons (Fsp3) is 0.350. The van der Waals surface area contributed by atoms with Gasteiger partial charge >= 0.3 is 0 Å². The third kappa shape index (κ3) is 5.03. The Balaban J connectivity index is 1.77. The van der Waals surface area contributed by atoms with Crippen LogP contribution in [0.1, 0.15) is 11.6 Å². The number of amides is 1. The summed E-state index contributed by atoms with van der Waals surface area (Å²) in [6.45, 7) is 3.04. The van der Waals surface area contributed by atoms with Crippen molar-refractivity contribution in [2.24, 2.45) is 5.73 Å². The fourth-order valence-corrected chi connectivity index (χ4v) is 3.06. The molecule has 1 fully saturated rings. The van der Waals surface area contributed by atoms with Gasteiger partial charge in [0.15, 0.2) is 0 Å². The van der Waals surface area contributed by atoms with E-state index in [4.69, 9.17) is 15.2 Å². The second-order valence-electron chi connectivity index (χ2n) is 6.22. The van der Waals surface area contributed by atoms with Crippen LogP contribution in [0.2, 0.25) is 0 Å². The van der Waals surface area contributed by atoms with E-state index in [1.165, 1.54) is 6.07 Å². The molecular weight excluding hydrogens is 349 g/mol. The van der Waals surface area contributed by atoms with Gasteiger partial charge in [-0.15, -0.1) is 0 Å². The van der Waals surface area contributed by atoms with Gasteiger partial charge in [-0.2, -0.15) is 0 Å². The van der Waals surface area contributed by atoms with Gasteiger partial charge in [-0.1, -0.05) is 18.2 Å². The van der Waals surface area contributed by atoms with E-state index < -0.39 is 11.9 Å². The lowest BCUT2D eigenvalue weighted by atomic mass is 10.0. The second kappa shape index (κ2) is 9.45. The summed E-state index contributed by atoms with van der Waals surface area (Å²) in [5.74, 6) is 0.00424. The molecule has 0 aliphatic carbocycles. The summed E-state index contributed by atoms with van der Waals surface area (Å²) in [5.41, 5.74) is 6.40. The molecule has 6 nitrogen and oxygen atoms in total. The van der Waals surface area contributed by atoms with Crippen LogP contribution < -0.4 is 15.8 Å². The molecule has 0 radical (unpaired) electrons. The Labute approximate surface area is 158 Å². The van der Waals surface area contributed by atoms with Gasteiger partial charge in [-0.25, -0.2) is 4.39 Å². The zero-order valence-electron chi connectivity index (χ0n) is 15.1. The summed E-state index contributed by atoms with van der Waals surface area (Å²) in [4.78, 5) is 15.0. The van der Waals surface area contributed by atoms with E-state index in [0.29, 0.717) is 56.5 Å². The minimum Gasteiger partial charge on any atom is -0.492 e. The highest BCUT2D eigenvalue weighted by Gasteiger charge is 2.31. The lowest BCUT2D eigenvalue weighted by Gasteiger charge is -2.33. The number of anilines is 1. The standard InChI is InChI=1S/C20H24FN3O3/c21-18-4-2-1-3-17(18)19(24-10-13-26-14-11-24)20(25)23-15-5-7-16(8-6-15)27-12-9-22/h1-8,19H,9-14,22H2,(H,23,25). The van der Waals surface area contributed by atoms with Crippen molar-refractivity contribution in [3.63, 3.8) is 0 Å². The van der Waals surface area contributed by atoms with E-state index in [1.54, 1.807) is 42.5 Å². The van der Waals surface area contributed by atoms with Crippen molar-refractivity contribution < 1.29 is 18.7 Å². The number of nitrogens with two attached hydrogens (primary N) is 1. The van der Waals surface area contributed by atoms with Crippen LogP contribution in [0.15, 0.2) is 48.5 Å². The summed E-state index contributed by atoms with van der Waals surface area (Å²) < 4.78 is 25.2. The SMILES string of the molecule is NCCOc1ccc(NC(=O)C(c2ccccc2F)N2CCOCC2)cc1. The molecule has 0 aromatic heterocycles. The maximum atomic E-state index is 14.4. The average Bonchev–Trinajstić information content (AvgIpc) is 2.70. The predicted molar refractivity (Wildman–Crippen MR) is 101 cm³/mol. The lowest BCUT2D eigenvalue weighted by molar-refractivity contribution is -0.123. The number of halogens is 1. The van der Waals surface area contributed by atoms with Crippen molar-refractivity contribution in [3.8, 4) is 5.75 Å². The molecule has 1 saturated heterocycles. The first-order valence-corrected chi connectivity index (χ1v) is 8.99. The zero-order chi connectivity index (χ0) is 19.1. The molecule has 3 rings (SSSR count). The van der Waals surface area contributed by atoms with Gasteiger partial charge in [0, 0.05) is 30.9 Å². The Morgan fingerprint density at radius 3 is 2.56 bits per heavy atom. The average molecular weight is 373 g/mol. The van der Waals surface area contributed by atoms with Gasteiger partial charge in [0.25, 0.3) is 0 Å². The number of rotatable bonds is 7. The minimum atomic E-state index is -0.719. The molecule has 1 aliphatic rings. The summed E-state index contributed by atoms with van der Waals surface area (Å²) in [7, 11) is 0. The maximum Gasteiger partial charge on any atom is 0.246 e. The first-order valence-electron chi connectivity index (χ1n) is 8.99. The third-order valence-corrected chi connectivity index (χ3v) is 4.37. The molecule has 1 atom stereocenters. The Hall–Kier alpha value is -2.48. The van der Waals surface area contributed by atoms with Crippen molar-refractivity contribution in [1.29, 1.82) is 0 Å². The Morgan fingerprint density at radius 1 is 1.19 bits per heavy atom. The molecular formula is C20H24FN3O3. The summed E-state index contributed by atoms with van der Waals surface area (Å²) in [6.07, 6.45) is 0. The quantitative estimate of drug-likeness (QED) is 0.778. The summed E-state index contributed by atoms with van der Waals surface area (Å²) in [6, 6.07) is 12.7. The summed E-state index contributed by atoms with van der Waals surface area (Å²) >= 11 is 0. The number of ether oxygens (including phenoxy) is 2. The predicted octanol–water partition coefficient (Wildman–Crippen LogP) is 2.18. The fourth-order valence-electron chi connectivity index (χ4n) is 3.06. The normalized spacial score (nSPS) is 15.9. The summed E-state index contributed by atoms with van der Waals surface area (Å²) in [5, 5.41) is 2.88. The molecule has 2 aromatic carbocycles. The van der Waals surface area contributed by atoms with Crippen LogP contribution in [0, 0.1) is 5.82 Å². The van der Waals surface area contributed by atoms with Gasteiger partial charge in [-0.05, 0) is 30.3 Å².